The van der Waals surface area contributed by atoms with Gasteiger partial charge in [0, 0.05) is 16.6 Å². The molecule has 2 rings (SSSR count). The Morgan fingerprint density at radius 1 is 1.42 bits per heavy atom. The third-order valence-electron chi connectivity index (χ3n) is 2.89. The van der Waals surface area contributed by atoms with Crippen LogP contribution in [0.3, 0.4) is 0 Å². The molecule has 2 aromatic rings. The van der Waals surface area contributed by atoms with Crippen LogP contribution in [0.2, 0.25) is 0 Å². The first-order chi connectivity index (χ1) is 8.90. The Labute approximate surface area is 108 Å². The number of aromatic nitrogens is 1. The van der Waals surface area contributed by atoms with Gasteiger partial charge in [0.2, 0.25) is 0 Å². The van der Waals surface area contributed by atoms with E-state index in [9.17, 15) is 14.0 Å². The molecule has 100 valence electrons. The summed E-state index contributed by atoms with van der Waals surface area (Å²) in [6.07, 6.45) is 0. The van der Waals surface area contributed by atoms with Crippen LogP contribution in [0.25, 0.3) is 10.9 Å². The second-order valence-corrected chi connectivity index (χ2v) is 4.35. The van der Waals surface area contributed by atoms with Crippen molar-refractivity contribution in [3.05, 3.63) is 35.3 Å². The number of aryl methyl sites for hydroxylation is 1. The molecule has 0 aliphatic rings. The fourth-order valence-electron chi connectivity index (χ4n) is 1.92. The maximum absolute atomic E-state index is 13.2. The number of halogens is 1. The Morgan fingerprint density at radius 2 is 2.11 bits per heavy atom. The zero-order valence-electron chi connectivity index (χ0n) is 10.5. The number of carboxylic acid groups (broad SMARTS) is 1. The Morgan fingerprint density at radius 3 is 2.74 bits per heavy atom. The molecule has 1 heterocycles. The number of aromatic amines is 1. The van der Waals surface area contributed by atoms with Gasteiger partial charge < -0.3 is 15.4 Å². The second kappa shape index (κ2) is 4.72. The summed E-state index contributed by atoms with van der Waals surface area (Å²) in [7, 11) is 0. The van der Waals surface area contributed by atoms with Crippen molar-refractivity contribution in [2.24, 2.45) is 0 Å². The van der Waals surface area contributed by atoms with Crippen LogP contribution in [0.4, 0.5) is 4.39 Å². The topological polar surface area (TPSA) is 82.2 Å². The molecule has 1 aromatic heterocycles. The van der Waals surface area contributed by atoms with Gasteiger partial charge in [-0.15, -0.1) is 0 Å². The number of rotatable bonds is 3. The summed E-state index contributed by atoms with van der Waals surface area (Å²) < 4.78 is 13.2. The predicted molar refractivity (Wildman–Crippen MR) is 67.6 cm³/mol. The minimum atomic E-state index is -1.13. The van der Waals surface area contributed by atoms with Crippen molar-refractivity contribution < 1.29 is 19.1 Å². The summed E-state index contributed by atoms with van der Waals surface area (Å²) in [5, 5.41) is 11.6. The maximum atomic E-state index is 13.2. The number of H-pyrrole nitrogens is 1. The molecule has 0 fully saturated rings. The smallest absolute Gasteiger partial charge is 0.325 e. The molecule has 5 nitrogen and oxygen atoms in total. The molecule has 0 bridgehead atoms. The van der Waals surface area contributed by atoms with Crippen LogP contribution in [0.5, 0.6) is 0 Å². The lowest BCUT2D eigenvalue weighted by Gasteiger charge is -2.09. The summed E-state index contributed by atoms with van der Waals surface area (Å²) in [5.74, 6) is -2.12. The number of carbonyl (C=O) groups is 2. The fourth-order valence-corrected chi connectivity index (χ4v) is 1.92. The molecule has 0 unspecified atom stereocenters. The number of amides is 1. The SMILES string of the molecule is Cc1[nH]c2ccc(F)cc2c1C(=O)N[C@@H](C)C(=O)O. The Balaban J connectivity index is 2.44. The molecule has 1 aromatic carbocycles. The first kappa shape index (κ1) is 13.1. The Bertz CT molecular complexity index is 663. The van der Waals surface area contributed by atoms with Crippen LogP contribution < -0.4 is 5.32 Å². The van der Waals surface area contributed by atoms with Crippen LogP contribution in [-0.2, 0) is 4.79 Å². The molecule has 0 spiro atoms. The van der Waals surface area contributed by atoms with Gasteiger partial charge in [-0.25, -0.2) is 4.39 Å². The number of hydrogen-bond acceptors (Lipinski definition) is 2. The lowest BCUT2D eigenvalue weighted by atomic mass is 10.1. The van der Waals surface area contributed by atoms with Crippen molar-refractivity contribution in [3.63, 3.8) is 0 Å². The van der Waals surface area contributed by atoms with E-state index in [-0.39, 0.29) is 5.56 Å². The number of carbonyl (C=O) groups excluding carboxylic acids is 1. The van der Waals surface area contributed by atoms with Crippen LogP contribution >= 0.6 is 0 Å². The molecule has 0 aliphatic heterocycles. The van der Waals surface area contributed by atoms with Gasteiger partial charge in [0.05, 0.1) is 5.56 Å². The van der Waals surface area contributed by atoms with Crippen molar-refractivity contribution >= 4 is 22.8 Å². The van der Waals surface area contributed by atoms with Gasteiger partial charge in [-0.05, 0) is 32.0 Å². The van der Waals surface area contributed by atoms with Crippen molar-refractivity contribution in [1.82, 2.24) is 10.3 Å². The maximum Gasteiger partial charge on any atom is 0.325 e. The summed E-state index contributed by atoms with van der Waals surface area (Å²) in [4.78, 5) is 25.7. The highest BCUT2D eigenvalue weighted by Gasteiger charge is 2.20. The van der Waals surface area contributed by atoms with E-state index in [1.165, 1.54) is 25.1 Å². The van der Waals surface area contributed by atoms with E-state index < -0.39 is 23.7 Å². The third kappa shape index (κ3) is 2.42. The highest BCUT2D eigenvalue weighted by atomic mass is 19.1. The van der Waals surface area contributed by atoms with Gasteiger partial charge in [0.1, 0.15) is 11.9 Å². The van der Waals surface area contributed by atoms with Crippen LogP contribution in [0, 0.1) is 12.7 Å². The molecule has 1 amide bonds. The number of aliphatic carboxylic acids is 1. The van der Waals surface area contributed by atoms with E-state index >= 15 is 0 Å². The van der Waals surface area contributed by atoms with E-state index in [4.69, 9.17) is 5.11 Å². The summed E-state index contributed by atoms with van der Waals surface area (Å²) in [6.45, 7) is 3.04. The van der Waals surface area contributed by atoms with E-state index in [0.29, 0.717) is 16.6 Å². The van der Waals surface area contributed by atoms with Gasteiger partial charge >= 0.3 is 5.97 Å². The number of benzene rings is 1. The van der Waals surface area contributed by atoms with E-state index in [2.05, 4.69) is 10.3 Å². The first-order valence-corrected chi connectivity index (χ1v) is 5.71. The highest BCUT2D eigenvalue weighted by Crippen LogP contribution is 2.23. The Kier molecular flexibility index (Phi) is 3.25. The second-order valence-electron chi connectivity index (χ2n) is 4.35. The van der Waals surface area contributed by atoms with E-state index in [0.717, 1.165) is 0 Å². The molecule has 0 aliphatic carbocycles. The number of hydrogen-bond donors (Lipinski definition) is 3. The molecule has 19 heavy (non-hydrogen) atoms. The van der Waals surface area contributed by atoms with Crippen molar-refractivity contribution in [2.45, 2.75) is 19.9 Å². The molecule has 0 saturated carbocycles. The molecule has 1 atom stereocenters. The van der Waals surface area contributed by atoms with Gasteiger partial charge in [-0.1, -0.05) is 0 Å². The predicted octanol–water partition coefficient (Wildman–Crippen LogP) is 1.82. The molecule has 6 heteroatoms. The highest BCUT2D eigenvalue weighted by molar-refractivity contribution is 6.08. The summed E-state index contributed by atoms with van der Waals surface area (Å²) >= 11 is 0. The monoisotopic (exact) mass is 264 g/mol. The van der Waals surface area contributed by atoms with Gasteiger partial charge in [-0.3, -0.25) is 9.59 Å². The van der Waals surface area contributed by atoms with Crippen LogP contribution in [-0.4, -0.2) is 28.0 Å². The van der Waals surface area contributed by atoms with Crippen molar-refractivity contribution in [2.75, 3.05) is 0 Å². The normalized spacial score (nSPS) is 12.4. The van der Waals surface area contributed by atoms with Crippen molar-refractivity contribution in [3.8, 4) is 0 Å². The molecule has 3 N–H and O–H groups in total. The average molecular weight is 264 g/mol. The van der Waals surface area contributed by atoms with E-state index in [1.807, 2.05) is 0 Å². The first-order valence-electron chi connectivity index (χ1n) is 5.71. The van der Waals surface area contributed by atoms with Crippen LogP contribution in [0.15, 0.2) is 18.2 Å². The van der Waals surface area contributed by atoms with Gasteiger partial charge in [-0.2, -0.15) is 0 Å². The Hall–Kier alpha value is -2.37. The molecule has 0 radical (unpaired) electrons. The number of carboxylic acids is 1. The van der Waals surface area contributed by atoms with Crippen molar-refractivity contribution in [1.29, 1.82) is 0 Å². The number of fused-ring (bicyclic) bond motifs is 1. The molecular formula is C13H13FN2O3. The zero-order chi connectivity index (χ0) is 14.2. The zero-order valence-corrected chi connectivity index (χ0v) is 10.5. The van der Waals surface area contributed by atoms with Gasteiger partial charge in [0.25, 0.3) is 5.91 Å². The third-order valence-corrected chi connectivity index (χ3v) is 2.89. The average Bonchev–Trinajstić information content (AvgIpc) is 2.64. The lowest BCUT2D eigenvalue weighted by Crippen LogP contribution is -2.38. The molecule has 0 saturated heterocycles. The standard InChI is InChI=1S/C13H13FN2O3/c1-6-11(12(17)16-7(2)13(18)19)9-5-8(14)3-4-10(9)15-6/h3-5,7,15H,1-2H3,(H,16,17)(H,18,19)/t7-/m0/s1. The van der Waals surface area contributed by atoms with Crippen LogP contribution in [0.1, 0.15) is 23.0 Å². The quantitative estimate of drug-likeness (QED) is 0.790. The largest absolute Gasteiger partial charge is 0.480 e. The van der Waals surface area contributed by atoms with E-state index in [1.54, 1.807) is 6.92 Å². The molecular weight excluding hydrogens is 251 g/mol. The minimum Gasteiger partial charge on any atom is -0.480 e. The minimum absolute atomic E-state index is 0.266. The summed E-state index contributed by atoms with van der Waals surface area (Å²) in [6, 6.07) is 3.07. The number of nitrogens with one attached hydrogen (secondary N) is 2. The lowest BCUT2D eigenvalue weighted by molar-refractivity contribution is -0.138. The van der Waals surface area contributed by atoms with Gasteiger partial charge in [0.15, 0.2) is 0 Å². The summed E-state index contributed by atoms with van der Waals surface area (Å²) in [5.41, 5.74) is 1.46. The fraction of sp³-hybridized carbons (Fsp3) is 0.231.